The van der Waals surface area contributed by atoms with Gasteiger partial charge in [0.15, 0.2) is 6.10 Å². The Morgan fingerprint density at radius 1 is 1.50 bits per heavy atom. The number of epoxide rings is 1. The van der Waals surface area contributed by atoms with Gasteiger partial charge in [-0.05, 0) is 6.92 Å². The monoisotopic (exact) mass is 156 g/mol. The van der Waals surface area contributed by atoms with E-state index in [1.54, 1.807) is 0 Å². The Labute approximate surface area is 55.6 Å². The molecule has 1 N–H and O–H groups in total. The third-order valence-electron chi connectivity index (χ3n) is 1.32. The molecule has 60 valence electrons. The van der Waals surface area contributed by atoms with Gasteiger partial charge in [0.1, 0.15) is 6.10 Å². The molecule has 2 nitrogen and oxygen atoms in total. The largest absolute Gasteiger partial charge is 0.417 e. The summed E-state index contributed by atoms with van der Waals surface area (Å²) in [5, 5.41) is 8.60. The van der Waals surface area contributed by atoms with Gasteiger partial charge in [0, 0.05) is 0 Å². The first-order valence-electron chi connectivity index (χ1n) is 2.83. The van der Waals surface area contributed by atoms with Gasteiger partial charge in [-0.1, -0.05) is 0 Å². The molecule has 1 fully saturated rings. The Balaban J connectivity index is 2.39. The van der Waals surface area contributed by atoms with Gasteiger partial charge in [-0.25, -0.2) is 0 Å². The minimum atomic E-state index is -4.32. The number of aliphatic hydroxyl groups excluding tert-OH is 1. The van der Waals surface area contributed by atoms with Crippen LogP contribution in [0.5, 0.6) is 0 Å². The van der Waals surface area contributed by atoms with E-state index in [9.17, 15) is 13.2 Å². The molecule has 0 aliphatic carbocycles. The molecular formula is C5H7F3O2. The molecule has 0 amide bonds. The third-order valence-corrected chi connectivity index (χ3v) is 1.32. The number of hydrogen-bond acceptors (Lipinski definition) is 2. The van der Waals surface area contributed by atoms with Crippen LogP contribution in [0.25, 0.3) is 0 Å². The summed E-state index contributed by atoms with van der Waals surface area (Å²) in [6.45, 7) is 1.27. The molecule has 0 radical (unpaired) electrons. The summed E-state index contributed by atoms with van der Waals surface area (Å²) >= 11 is 0. The predicted molar refractivity (Wildman–Crippen MR) is 26.4 cm³/mol. The number of hydrogen-bond donors (Lipinski definition) is 1. The average Bonchev–Trinajstić information content (AvgIpc) is 2.35. The molecule has 0 aromatic heterocycles. The van der Waals surface area contributed by atoms with Gasteiger partial charge in [-0.15, -0.1) is 0 Å². The van der Waals surface area contributed by atoms with Crippen molar-refractivity contribution in [2.45, 2.75) is 31.4 Å². The van der Waals surface area contributed by atoms with E-state index in [2.05, 4.69) is 4.74 Å². The highest BCUT2D eigenvalue weighted by molar-refractivity contribution is 4.93. The first-order chi connectivity index (χ1) is 4.43. The Hall–Kier alpha value is -0.290. The lowest BCUT2D eigenvalue weighted by molar-refractivity contribution is -0.146. The lowest BCUT2D eigenvalue weighted by atomic mass is 10.2. The second-order valence-electron chi connectivity index (χ2n) is 2.30. The molecule has 0 bridgehead atoms. The Morgan fingerprint density at radius 2 is 2.00 bits per heavy atom. The van der Waals surface area contributed by atoms with Crippen molar-refractivity contribution in [1.82, 2.24) is 0 Å². The van der Waals surface area contributed by atoms with E-state index in [1.807, 2.05) is 0 Å². The highest BCUT2D eigenvalue weighted by Gasteiger charge is 2.59. The van der Waals surface area contributed by atoms with Gasteiger partial charge < -0.3 is 9.84 Å². The van der Waals surface area contributed by atoms with E-state index in [0.717, 1.165) is 0 Å². The third kappa shape index (κ3) is 1.41. The van der Waals surface area contributed by atoms with E-state index in [0.29, 0.717) is 0 Å². The highest BCUT2D eigenvalue weighted by atomic mass is 19.4. The van der Waals surface area contributed by atoms with Crippen LogP contribution >= 0.6 is 0 Å². The highest BCUT2D eigenvalue weighted by Crippen LogP contribution is 2.39. The van der Waals surface area contributed by atoms with Crippen molar-refractivity contribution in [2.24, 2.45) is 0 Å². The van der Waals surface area contributed by atoms with Gasteiger partial charge in [0.2, 0.25) is 0 Å². The number of aliphatic hydroxyl groups is 1. The maximum Gasteiger partial charge on any atom is 0.417 e. The van der Waals surface area contributed by atoms with Crippen LogP contribution < -0.4 is 0 Å². The van der Waals surface area contributed by atoms with Crippen molar-refractivity contribution in [3.05, 3.63) is 0 Å². The van der Waals surface area contributed by atoms with Crippen molar-refractivity contribution in [2.75, 3.05) is 0 Å². The maximum absolute atomic E-state index is 11.6. The predicted octanol–water partition coefficient (Wildman–Crippen LogP) is 0.697. The first-order valence-corrected chi connectivity index (χ1v) is 2.83. The fourth-order valence-electron chi connectivity index (χ4n) is 0.754. The minimum Gasteiger partial charge on any atom is -0.391 e. The van der Waals surface area contributed by atoms with Crippen LogP contribution in [0.4, 0.5) is 13.2 Å². The summed E-state index contributed by atoms with van der Waals surface area (Å²) in [6.07, 6.45) is -8.14. The lowest BCUT2D eigenvalue weighted by Gasteiger charge is -2.01. The second kappa shape index (κ2) is 2.10. The van der Waals surface area contributed by atoms with Crippen LogP contribution in [0.3, 0.4) is 0 Å². The van der Waals surface area contributed by atoms with Crippen molar-refractivity contribution in [1.29, 1.82) is 0 Å². The normalized spacial score (nSPS) is 35.7. The van der Waals surface area contributed by atoms with Gasteiger partial charge in [-0.2, -0.15) is 13.2 Å². The van der Waals surface area contributed by atoms with Crippen molar-refractivity contribution >= 4 is 0 Å². The van der Waals surface area contributed by atoms with Crippen LogP contribution in [0, 0.1) is 0 Å². The zero-order valence-corrected chi connectivity index (χ0v) is 5.22. The molecule has 3 atom stereocenters. The van der Waals surface area contributed by atoms with Gasteiger partial charge in [0.25, 0.3) is 0 Å². The number of ether oxygens (including phenoxy) is 1. The summed E-state index contributed by atoms with van der Waals surface area (Å²) in [6, 6.07) is 0. The van der Waals surface area contributed by atoms with E-state index >= 15 is 0 Å². The Kier molecular flexibility index (Phi) is 1.64. The topological polar surface area (TPSA) is 32.8 Å². The standard InChI is InChI=1S/C5H7F3O2/c1-2(9)3-4(10-3)5(6,7)8/h2-4,9H,1H3/t2-,3+,4-/m0/s1. The average molecular weight is 156 g/mol. The fourth-order valence-corrected chi connectivity index (χ4v) is 0.754. The molecule has 0 spiro atoms. The van der Waals surface area contributed by atoms with E-state index in [4.69, 9.17) is 5.11 Å². The van der Waals surface area contributed by atoms with Crippen molar-refractivity contribution in [3.8, 4) is 0 Å². The fraction of sp³-hybridized carbons (Fsp3) is 1.00. The SMILES string of the molecule is C[C@H](O)[C@H]1O[C@@H]1C(F)(F)F. The molecular weight excluding hydrogens is 149 g/mol. The number of rotatable bonds is 1. The Morgan fingerprint density at radius 3 is 2.10 bits per heavy atom. The molecule has 1 saturated heterocycles. The van der Waals surface area contributed by atoms with Crippen molar-refractivity contribution < 1.29 is 23.0 Å². The number of halogens is 3. The second-order valence-corrected chi connectivity index (χ2v) is 2.30. The van der Waals surface area contributed by atoms with Gasteiger partial charge in [-0.3, -0.25) is 0 Å². The van der Waals surface area contributed by atoms with Crippen LogP contribution in [-0.2, 0) is 4.74 Å². The van der Waals surface area contributed by atoms with Crippen LogP contribution in [-0.4, -0.2) is 29.6 Å². The quantitative estimate of drug-likeness (QED) is 0.567. The maximum atomic E-state index is 11.6. The summed E-state index contributed by atoms with van der Waals surface area (Å²) in [5.41, 5.74) is 0. The zero-order chi connectivity index (χ0) is 7.94. The summed E-state index contributed by atoms with van der Waals surface area (Å²) < 4.78 is 39.0. The molecule has 1 rings (SSSR count). The van der Waals surface area contributed by atoms with Crippen LogP contribution in [0.15, 0.2) is 0 Å². The summed E-state index contributed by atoms with van der Waals surface area (Å²) in [5.74, 6) is 0. The smallest absolute Gasteiger partial charge is 0.391 e. The summed E-state index contributed by atoms with van der Waals surface area (Å²) in [7, 11) is 0. The lowest BCUT2D eigenvalue weighted by Crippen LogP contribution is -2.23. The molecule has 0 aromatic rings. The molecule has 0 aromatic carbocycles. The van der Waals surface area contributed by atoms with Crippen LogP contribution in [0.2, 0.25) is 0 Å². The van der Waals surface area contributed by atoms with E-state index in [1.165, 1.54) is 6.92 Å². The zero-order valence-electron chi connectivity index (χ0n) is 5.22. The molecule has 1 aliphatic heterocycles. The minimum absolute atomic E-state index is 1.04. The number of alkyl halides is 3. The van der Waals surface area contributed by atoms with E-state index in [-0.39, 0.29) is 0 Å². The van der Waals surface area contributed by atoms with Crippen LogP contribution in [0.1, 0.15) is 6.92 Å². The Bertz CT molecular complexity index is 131. The molecule has 0 saturated carbocycles. The molecule has 5 heteroatoms. The molecule has 10 heavy (non-hydrogen) atoms. The molecule has 1 heterocycles. The van der Waals surface area contributed by atoms with Gasteiger partial charge >= 0.3 is 6.18 Å². The molecule has 1 aliphatic rings. The molecule has 0 unspecified atom stereocenters. The van der Waals surface area contributed by atoms with E-state index < -0.39 is 24.5 Å². The van der Waals surface area contributed by atoms with Crippen molar-refractivity contribution in [3.63, 3.8) is 0 Å². The first kappa shape index (κ1) is 7.81. The summed E-state index contributed by atoms with van der Waals surface area (Å²) in [4.78, 5) is 0. The van der Waals surface area contributed by atoms with Gasteiger partial charge in [0.05, 0.1) is 6.10 Å².